The molecule has 1 amide bonds. The van der Waals surface area contributed by atoms with Crippen molar-refractivity contribution in [3.8, 4) is 22.6 Å². The van der Waals surface area contributed by atoms with E-state index in [4.69, 9.17) is 9.47 Å². The average Bonchev–Trinajstić information content (AvgIpc) is 2.78. The molecule has 2 aromatic rings. The van der Waals surface area contributed by atoms with Gasteiger partial charge in [-0.15, -0.1) is 0 Å². The van der Waals surface area contributed by atoms with E-state index in [1.165, 1.54) is 18.6 Å². The van der Waals surface area contributed by atoms with Gasteiger partial charge in [0.25, 0.3) is 11.6 Å². The quantitative estimate of drug-likeness (QED) is 0.481. The van der Waals surface area contributed by atoms with Gasteiger partial charge in [-0.1, -0.05) is 31.4 Å². The van der Waals surface area contributed by atoms with E-state index in [1.54, 1.807) is 37.1 Å². The van der Waals surface area contributed by atoms with Crippen LogP contribution in [-0.4, -0.2) is 42.0 Å². The van der Waals surface area contributed by atoms with Crippen molar-refractivity contribution >= 4 is 11.6 Å². The smallest absolute Gasteiger partial charge is 0.270 e. The van der Waals surface area contributed by atoms with Crippen molar-refractivity contribution in [2.45, 2.75) is 51.2 Å². The number of hydrogen-bond acceptors (Lipinski definition) is 5. The predicted molar refractivity (Wildman–Crippen MR) is 115 cm³/mol. The van der Waals surface area contributed by atoms with Crippen LogP contribution in [0.15, 0.2) is 42.5 Å². The molecule has 1 saturated carbocycles. The molecule has 0 N–H and O–H groups in total. The summed E-state index contributed by atoms with van der Waals surface area (Å²) in [6.45, 7) is 1.72. The van der Waals surface area contributed by atoms with E-state index in [9.17, 15) is 14.9 Å². The third kappa shape index (κ3) is 4.90. The standard InChI is InChI=1S/C23H28N2O5/c1-16(23(26)24(2)18-7-5-4-6-8-18)30-22-14-11-19(25(27)28)15-21(22)17-9-12-20(29-3)13-10-17/h9-16,18H,4-8H2,1-3H3/t16-/m0/s1. The number of likely N-dealkylation sites (N-methyl/N-ethyl adjacent to an activating group) is 1. The van der Waals surface area contributed by atoms with Gasteiger partial charge < -0.3 is 14.4 Å². The number of amides is 1. The molecule has 1 fully saturated rings. The zero-order valence-electron chi connectivity index (χ0n) is 17.7. The van der Waals surface area contributed by atoms with Crippen LogP contribution in [0.25, 0.3) is 11.1 Å². The summed E-state index contributed by atoms with van der Waals surface area (Å²) in [6.07, 6.45) is 4.84. The molecule has 0 bridgehead atoms. The number of benzene rings is 2. The first-order chi connectivity index (χ1) is 14.4. The fourth-order valence-electron chi connectivity index (χ4n) is 3.91. The van der Waals surface area contributed by atoms with Crippen molar-refractivity contribution in [3.05, 3.63) is 52.6 Å². The molecule has 30 heavy (non-hydrogen) atoms. The Labute approximate surface area is 176 Å². The molecule has 1 aliphatic carbocycles. The molecule has 0 spiro atoms. The lowest BCUT2D eigenvalue weighted by Gasteiger charge is -2.33. The summed E-state index contributed by atoms with van der Waals surface area (Å²) in [5.74, 6) is 1.04. The number of nitro benzene ring substituents is 1. The summed E-state index contributed by atoms with van der Waals surface area (Å²) in [7, 11) is 3.41. The SMILES string of the molecule is COc1ccc(-c2cc([N+](=O)[O-])ccc2O[C@@H](C)C(=O)N(C)C2CCCCC2)cc1. The number of non-ortho nitro benzene ring substituents is 1. The first-order valence-electron chi connectivity index (χ1n) is 10.3. The number of methoxy groups -OCH3 is 1. The Morgan fingerprint density at radius 2 is 1.80 bits per heavy atom. The van der Waals surface area contributed by atoms with E-state index in [1.807, 2.05) is 19.2 Å². The molecule has 0 radical (unpaired) electrons. The van der Waals surface area contributed by atoms with Gasteiger partial charge >= 0.3 is 0 Å². The average molecular weight is 412 g/mol. The van der Waals surface area contributed by atoms with Crippen molar-refractivity contribution in [3.63, 3.8) is 0 Å². The molecule has 0 aromatic heterocycles. The van der Waals surface area contributed by atoms with Crippen molar-refractivity contribution in [1.82, 2.24) is 4.90 Å². The Balaban J connectivity index is 1.84. The summed E-state index contributed by atoms with van der Waals surface area (Å²) >= 11 is 0. The third-order valence-corrected chi connectivity index (χ3v) is 5.70. The van der Waals surface area contributed by atoms with Crippen LogP contribution in [0.5, 0.6) is 11.5 Å². The molecular weight excluding hydrogens is 384 g/mol. The first kappa shape index (κ1) is 21.6. The molecule has 7 nitrogen and oxygen atoms in total. The maximum Gasteiger partial charge on any atom is 0.270 e. The largest absolute Gasteiger partial charge is 0.497 e. The maximum atomic E-state index is 12.9. The van der Waals surface area contributed by atoms with Gasteiger partial charge in [-0.05, 0) is 43.5 Å². The molecule has 3 rings (SSSR count). The molecule has 0 heterocycles. The zero-order chi connectivity index (χ0) is 21.7. The van der Waals surface area contributed by atoms with Crippen molar-refractivity contribution in [1.29, 1.82) is 0 Å². The Kier molecular flexibility index (Phi) is 6.92. The monoisotopic (exact) mass is 412 g/mol. The number of carbonyl (C=O) groups excluding carboxylic acids is 1. The minimum Gasteiger partial charge on any atom is -0.497 e. The predicted octanol–water partition coefficient (Wildman–Crippen LogP) is 4.83. The molecule has 1 atom stereocenters. The Morgan fingerprint density at radius 3 is 2.40 bits per heavy atom. The van der Waals surface area contributed by atoms with E-state index in [0.717, 1.165) is 31.2 Å². The molecule has 0 aliphatic heterocycles. The van der Waals surface area contributed by atoms with E-state index in [0.29, 0.717) is 17.1 Å². The van der Waals surface area contributed by atoms with Crippen molar-refractivity contribution in [2.24, 2.45) is 0 Å². The highest BCUT2D eigenvalue weighted by Gasteiger charge is 2.27. The molecule has 7 heteroatoms. The van der Waals surface area contributed by atoms with Gasteiger partial charge in [0.15, 0.2) is 6.10 Å². The van der Waals surface area contributed by atoms with Crippen LogP contribution in [0.2, 0.25) is 0 Å². The molecule has 0 saturated heterocycles. The lowest BCUT2D eigenvalue weighted by atomic mass is 9.94. The van der Waals surface area contributed by atoms with Crippen LogP contribution in [0, 0.1) is 10.1 Å². The van der Waals surface area contributed by atoms with Gasteiger partial charge in [0.2, 0.25) is 0 Å². The number of ether oxygens (including phenoxy) is 2. The molecule has 1 aliphatic rings. The summed E-state index contributed by atoms with van der Waals surface area (Å²) in [5.41, 5.74) is 1.27. The van der Waals surface area contributed by atoms with Crippen LogP contribution in [0.4, 0.5) is 5.69 Å². The van der Waals surface area contributed by atoms with E-state index in [-0.39, 0.29) is 17.6 Å². The fraction of sp³-hybridized carbons (Fsp3) is 0.435. The topological polar surface area (TPSA) is 81.9 Å². The summed E-state index contributed by atoms with van der Waals surface area (Å²) in [5, 5.41) is 11.3. The first-order valence-corrected chi connectivity index (χ1v) is 10.3. The summed E-state index contributed by atoms with van der Waals surface area (Å²) in [6, 6.07) is 11.9. The second kappa shape index (κ2) is 9.61. The van der Waals surface area contributed by atoms with Crippen LogP contribution in [0.3, 0.4) is 0 Å². The number of carbonyl (C=O) groups is 1. The third-order valence-electron chi connectivity index (χ3n) is 5.70. The van der Waals surface area contributed by atoms with Crippen molar-refractivity contribution < 1.29 is 19.2 Å². The molecule has 160 valence electrons. The number of nitrogens with zero attached hydrogens (tertiary/aromatic N) is 2. The van der Waals surface area contributed by atoms with Crippen LogP contribution >= 0.6 is 0 Å². The lowest BCUT2D eigenvalue weighted by Crippen LogP contribution is -2.44. The summed E-state index contributed by atoms with van der Waals surface area (Å²) in [4.78, 5) is 25.6. The summed E-state index contributed by atoms with van der Waals surface area (Å²) < 4.78 is 11.2. The minimum atomic E-state index is -0.699. The van der Waals surface area contributed by atoms with E-state index >= 15 is 0 Å². The normalized spacial score (nSPS) is 15.3. The maximum absolute atomic E-state index is 12.9. The van der Waals surface area contributed by atoms with Crippen LogP contribution < -0.4 is 9.47 Å². The van der Waals surface area contributed by atoms with E-state index in [2.05, 4.69) is 0 Å². The van der Waals surface area contributed by atoms with Gasteiger partial charge in [-0.3, -0.25) is 14.9 Å². The number of hydrogen-bond donors (Lipinski definition) is 0. The number of rotatable bonds is 7. The van der Waals surface area contributed by atoms with Crippen molar-refractivity contribution in [2.75, 3.05) is 14.2 Å². The van der Waals surface area contributed by atoms with Gasteiger partial charge in [-0.2, -0.15) is 0 Å². The number of nitro groups is 1. The molecule has 0 unspecified atom stereocenters. The zero-order valence-corrected chi connectivity index (χ0v) is 17.7. The minimum absolute atomic E-state index is 0.0357. The Morgan fingerprint density at radius 1 is 1.13 bits per heavy atom. The van der Waals surface area contributed by atoms with Gasteiger partial charge in [0.05, 0.1) is 12.0 Å². The van der Waals surface area contributed by atoms with Gasteiger partial charge in [0.1, 0.15) is 11.5 Å². The Hall–Kier alpha value is -3.09. The fourth-order valence-corrected chi connectivity index (χ4v) is 3.91. The molecular formula is C23H28N2O5. The van der Waals surface area contributed by atoms with Crippen LogP contribution in [0.1, 0.15) is 39.0 Å². The second-order valence-electron chi connectivity index (χ2n) is 7.67. The highest BCUT2D eigenvalue weighted by Crippen LogP contribution is 2.35. The lowest BCUT2D eigenvalue weighted by molar-refractivity contribution is -0.384. The molecule has 2 aromatic carbocycles. The second-order valence-corrected chi connectivity index (χ2v) is 7.67. The highest BCUT2D eigenvalue weighted by molar-refractivity contribution is 5.82. The van der Waals surface area contributed by atoms with Gasteiger partial charge in [0, 0.05) is 30.8 Å². The van der Waals surface area contributed by atoms with Crippen LogP contribution in [-0.2, 0) is 4.79 Å². The Bertz CT molecular complexity index is 891. The van der Waals surface area contributed by atoms with Gasteiger partial charge in [-0.25, -0.2) is 0 Å². The highest BCUT2D eigenvalue weighted by atomic mass is 16.6. The van der Waals surface area contributed by atoms with E-state index < -0.39 is 11.0 Å².